The number of ether oxygens (including phenoxy) is 1. The monoisotopic (exact) mass is 654 g/mol. The number of nitrogens with zero attached hydrogens (tertiary/aromatic N) is 2. The van der Waals surface area contributed by atoms with Crippen molar-refractivity contribution in [3.05, 3.63) is 17.5 Å². The Kier molecular flexibility index (Phi) is 17.6. The Hall–Kier alpha value is -2.80. The van der Waals surface area contributed by atoms with Crippen molar-refractivity contribution in [3.63, 3.8) is 0 Å². The van der Waals surface area contributed by atoms with Crippen LogP contribution >= 0.6 is 11.8 Å². The number of nitrogens with one attached hydrogen (secondary N) is 4. The maximum atomic E-state index is 13.5. The molecule has 258 valence electrons. The van der Waals surface area contributed by atoms with Crippen molar-refractivity contribution in [2.24, 2.45) is 17.3 Å². The summed E-state index contributed by atoms with van der Waals surface area (Å²) in [6.45, 7) is 17.3. The smallest absolute Gasteiger partial charge is 0.409 e. The van der Waals surface area contributed by atoms with Gasteiger partial charge in [-0.3, -0.25) is 14.4 Å². The summed E-state index contributed by atoms with van der Waals surface area (Å²) in [5, 5.41) is 27.0. The van der Waals surface area contributed by atoms with Crippen molar-refractivity contribution in [3.8, 4) is 0 Å². The van der Waals surface area contributed by atoms with Crippen molar-refractivity contribution in [1.29, 1.82) is 0 Å². The quantitative estimate of drug-likeness (QED) is 0.133. The first-order valence-electron chi connectivity index (χ1n) is 16.0. The van der Waals surface area contributed by atoms with Crippen LogP contribution in [-0.2, 0) is 25.9 Å². The number of hydrogen-bond donors (Lipinski definition) is 5. The molecule has 0 bridgehead atoms. The number of thioether (sulfide) groups is 1. The summed E-state index contributed by atoms with van der Waals surface area (Å²) in [5.41, 5.74) is 0.602. The highest BCUT2D eigenvalue weighted by Gasteiger charge is 2.37. The van der Waals surface area contributed by atoms with Gasteiger partial charge in [0, 0.05) is 17.7 Å². The van der Waals surface area contributed by atoms with Crippen LogP contribution in [0.5, 0.6) is 0 Å². The Labute approximate surface area is 273 Å². The van der Waals surface area contributed by atoms with E-state index >= 15 is 0 Å². The molecule has 4 amide bonds. The Morgan fingerprint density at radius 3 is 2.27 bits per heavy atom. The van der Waals surface area contributed by atoms with Gasteiger partial charge in [0.25, 0.3) is 0 Å². The molecule has 0 aliphatic carbocycles. The highest BCUT2D eigenvalue weighted by molar-refractivity contribution is 7.98. The van der Waals surface area contributed by atoms with Gasteiger partial charge >= 0.3 is 6.09 Å². The van der Waals surface area contributed by atoms with E-state index in [1.54, 1.807) is 30.3 Å². The molecule has 1 aromatic rings. The van der Waals surface area contributed by atoms with Crippen molar-refractivity contribution < 1.29 is 29.0 Å². The van der Waals surface area contributed by atoms with Gasteiger partial charge in [-0.2, -0.15) is 16.9 Å². The number of carbonyl (C=O) groups excluding carboxylic acids is 4. The number of aryl methyl sites for hydroxylation is 2. The van der Waals surface area contributed by atoms with Crippen LogP contribution in [0.1, 0.15) is 92.0 Å². The maximum Gasteiger partial charge on any atom is 0.409 e. The van der Waals surface area contributed by atoms with Gasteiger partial charge in [-0.1, -0.05) is 54.9 Å². The number of amides is 4. The molecule has 1 aromatic heterocycles. The lowest BCUT2D eigenvalue weighted by Gasteiger charge is -2.34. The minimum atomic E-state index is -1.06. The zero-order valence-electron chi connectivity index (χ0n) is 29.0. The summed E-state index contributed by atoms with van der Waals surface area (Å²) >= 11 is 1.54. The average molecular weight is 655 g/mol. The summed E-state index contributed by atoms with van der Waals surface area (Å²) in [6.07, 6.45) is 2.76. The third-order valence-electron chi connectivity index (χ3n) is 7.56. The van der Waals surface area contributed by atoms with Crippen LogP contribution in [0.2, 0.25) is 0 Å². The van der Waals surface area contributed by atoms with Crippen molar-refractivity contribution in [2.75, 3.05) is 18.6 Å². The van der Waals surface area contributed by atoms with Gasteiger partial charge in [0.2, 0.25) is 17.7 Å². The predicted molar refractivity (Wildman–Crippen MR) is 179 cm³/mol. The van der Waals surface area contributed by atoms with E-state index in [0.29, 0.717) is 25.1 Å². The molecule has 0 fully saturated rings. The number of unbranched alkanes of at least 4 members (excludes halogenated alkanes) is 1. The average Bonchev–Trinajstić information content (AvgIpc) is 3.27. The second-order valence-corrected chi connectivity index (χ2v) is 14.2. The molecule has 0 aliphatic rings. The largest absolute Gasteiger partial charge is 0.426 e. The molecule has 0 spiro atoms. The molecule has 0 aromatic carbocycles. The fourth-order valence-corrected chi connectivity index (χ4v) is 5.32. The van der Waals surface area contributed by atoms with E-state index in [2.05, 4.69) is 26.4 Å². The molecule has 0 saturated heterocycles. The topological polar surface area (TPSA) is 164 Å². The number of carbonyl (C=O) groups is 4. The van der Waals surface area contributed by atoms with Gasteiger partial charge in [0.15, 0.2) is 6.73 Å². The van der Waals surface area contributed by atoms with Crippen LogP contribution in [0.3, 0.4) is 0 Å². The zero-order chi connectivity index (χ0) is 34.3. The van der Waals surface area contributed by atoms with E-state index in [4.69, 9.17) is 4.74 Å². The van der Waals surface area contributed by atoms with Crippen molar-refractivity contribution in [1.82, 2.24) is 31.0 Å². The summed E-state index contributed by atoms with van der Waals surface area (Å²) in [7, 11) is 0. The van der Waals surface area contributed by atoms with Crippen LogP contribution in [-0.4, -0.2) is 81.5 Å². The fourth-order valence-electron chi connectivity index (χ4n) is 4.84. The Morgan fingerprint density at radius 2 is 1.73 bits per heavy atom. The number of aliphatic hydroxyl groups is 1. The second kappa shape index (κ2) is 19.7. The zero-order valence-corrected chi connectivity index (χ0v) is 29.8. The molecule has 0 unspecified atom stereocenters. The van der Waals surface area contributed by atoms with E-state index in [-0.39, 0.29) is 36.8 Å². The molecule has 1 heterocycles. The number of rotatable bonds is 20. The highest BCUT2D eigenvalue weighted by atomic mass is 32.2. The predicted octanol–water partition coefficient (Wildman–Crippen LogP) is 3.67. The molecule has 0 aliphatic heterocycles. The molecule has 0 saturated carbocycles. The molecule has 13 heteroatoms. The molecule has 12 nitrogen and oxygen atoms in total. The van der Waals surface area contributed by atoms with Gasteiger partial charge in [-0.25, -0.2) is 9.48 Å². The van der Waals surface area contributed by atoms with Gasteiger partial charge in [0.1, 0.15) is 12.1 Å². The molecule has 0 radical (unpaired) electrons. The van der Waals surface area contributed by atoms with Gasteiger partial charge in [-0.05, 0) is 69.4 Å². The van der Waals surface area contributed by atoms with E-state index in [1.807, 2.05) is 60.8 Å². The number of aliphatic hydroxyl groups excluding tert-OH is 1. The summed E-state index contributed by atoms with van der Waals surface area (Å²) in [5.74, 6) is -0.418. The SMILES string of the molecule is CCCCNC(=O)[C@@H](NC(=O)C(C)(C)C[C@H](O)[C@H](CC(C)C)NC(=O)[C@H](CCSC)NC(=O)OCn1nc(C)cc1C)C(C)C. The van der Waals surface area contributed by atoms with Crippen LogP contribution in [0.15, 0.2) is 6.07 Å². The van der Waals surface area contributed by atoms with Crippen LogP contribution in [0, 0.1) is 31.1 Å². The third-order valence-corrected chi connectivity index (χ3v) is 8.20. The van der Waals surface area contributed by atoms with Gasteiger partial charge < -0.3 is 31.1 Å². The molecule has 1 rings (SSSR count). The lowest BCUT2D eigenvalue weighted by atomic mass is 9.81. The van der Waals surface area contributed by atoms with E-state index < -0.39 is 41.6 Å². The van der Waals surface area contributed by atoms with E-state index in [0.717, 1.165) is 24.2 Å². The first-order valence-corrected chi connectivity index (χ1v) is 17.4. The molecular weight excluding hydrogens is 596 g/mol. The first-order chi connectivity index (χ1) is 21.0. The van der Waals surface area contributed by atoms with Gasteiger partial charge in [0.05, 0.1) is 17.8 Å². The first kappa shape index (κ1) is 40.2. The minimum Gasteiger partial charge on any atom is -0.426 e. The van der Waals surface area contributed by atoms with E-state index in [9.17, 15) is 24.3 Å². The number of hydrogen-bond acceptors (Lipinski definition) is 8. The molecular formula is C32H58N6O6S. The summed E-state index contributed by atoms with van der Waals surface area (Å²) in [6, 6.07) is -0.398. The normalized spacial score (nSPS) is 14.4. The second-order valence-electron chi connectivity index (χ2n) is 13.2. The summed E-state index contributed by atoms with van der Waals surface area (Å²) in [4.78, 5) is 52.3. The lowest BCUT2D eigenvalue weighted by Crippen LogP contribution is -2.55. The van der Waals surface area contributed by atoms with Crippen molar-refractivity contribution >= 4 is 35.6 Å². The molecule has 4 atom stereocenters. The van der Waals surface area contributed by atoms with Crippen LogP contribution < -0.4 is 21.3 Å². The number of alkyl carbamates (subject to hydrolysis) is 1. The Balaban J connectivity index is 2.96. The molecule has 5 N–H and O–H groups in total. The van der Waals surface area contributed by atoms with Gasteiger partial charge in [-0.15, -0.1) is 0 Å². The summed E-state index contributed by atoms with van der Waals surface area (Å²) < 4.78 is 6.88. The Morgan fingerprint density at radius 1 is 1.07 bits per heavy atom. The molecule has 45 heavy (non-hydrogen) atoms. The third kappa shape index (κ3) is 14.4. The number of aromatic nitrogens is 2. The lowest BCUT2D eigenvalue weighted by molar-refractivity contribution is -0.136. The standard InChI is InChI=1S/C32H58N6O6S/c1-11-12-14-33-29(41)27(21(4)5)36-30(42)32(8,9)18-26(39)25(16-20(2)3)34-28(40)24(13-15-45-10)35-31(43)44-19-38-23(7)17-22(6)37-38/h17,20-21,24-27,39H,11-16,18-19H2,1-10H3,(H,33,41)(H,34,40)(H,35,43)(H,36,42)/t24-,25-,26-,27-/m0/s1. The van der Waals surface area contributed by atoms with Crippen LogP contribution in [0.25, 0.3) is 0 Å². The maximum absolute atomic E-state index is 13.5. The fraction of sp³-hybridized carbons (Fsp3) is 0.781. The Bertz CT molecular complexity index is 1090. The van der Waals surface area contributed by atoms with Crippen molar-refractivity contribution in [2.45, 2.75) is 125 Å². The van der Waals surface area contributed by atoms with Crippen LogP contribution in [0.4, 0.5) is 4.79 Å². The minimum absolute atomic E-state index is 0.0480. The van der Waals surface area contributed by atoms with E-state index in [1.165, 1.54) is 0 Å². The highest BCUT2D eigenvalue weighted by Crippen LogP contribution is 2.26.